The SMILES string of the molecule is Cc1ccc(-n2cnc(C#CC3O[C@H](CO)[C@@H](O)[C@H](O[C@@H](C(=O)O)C(C)(C)C)[C@H]3N)c2C)cn1. The summed E-state index contributed by atoms with van der Waals surface area (Å²) in [6.07, 6.45) is -2.24. The molecule has 1 aliphatic rings. The van der Waals surface area contributed by atoms with Gasteiger partial charge in [-0.3, -0.25) is 4.98 Å². The number of carboxylic acid groups (broad SMARTS) is 1. The number of imidazole rings is 1. The summed E-state index contributed by atoms with van der Waals surface area (Å²) in [7, 11) is 0. The maximum Gasteiger partial charge on any atom is 0.333 e. The van der Waals surface area contributed by atoms with Crippen molar-refractivity contribution in [1.82, 2.24) is 14.5 Å². The first kappa shape index (κ1) is 25.8. The molecule has 0 spiro atoms. The van der Waals surface area contributed by atoms with Crippen molar-refractivity contribution in [3.63, 3.8) is 0 Å². The van der Waals surface area contributed by atoms with Gasteiger partial charge in [0, 0.05) is 5.69 Å². The molecule has 0 radical (unpaired) electrons. The van der Waals surface area contributed by atoms with E-state index >= 15 is 0 Å². The molecule has 3 heterocycles. The predicted octanol–water partition coefficient (Wildman–Crippen LogP) is 0.568. The fourth-order valence-corrected chi connectivity index (χ4v) is 3.75. The first-order chi connectivity index (χ1) is 15.9. The lowest BCUT2D eigenvalue weighted by atomic mass is 9.87. The van der Waals surface area contributed by atoms with Crippen LogP contribution in [0.3, 0.4) is 0 Å². The van der Waals surface area contributed by atoms with Crippen LogP contribution in [0.4, 0.5) is 0 Å². The third-order valence-electron chi connectivity index (χ3n) is 5.77. The van der Waals surface area contributed by atoms with E-state index in [1.54, 1.807) is 33.3 Å². The number of carboxylic acids is 1. The molecule has 3 rings (SSSR count). The zero-order valence-corrected chi connectivity index (χ0v) is 20.0. The first-order valence-corrected chi connectivity index (χ1v) is 11.0. The van der Waals surface area contributed by atoms with Gasteiger partial charge in [-0.15, -0.1) is 0 Å². The largest absolute Gasteiger partial charge is 0.479 e. The van der Waals surface area contributed by atoms with Crippen LogP contribution in [0.25, 0.3) is 5.69 Å². The summed E-state index contributed by atoms with van der Waals surface area (Å²) >= 11 is 0. The zero-order valence-electron chi connectivity index (χ0n) is 20.0. The monoisotopic (exact) mass is 472 g/mol. The molecule has 0 aliphatic carbocycles. The van der Waals surface area contributed by atoms with Gasteiger partial charge in [0.05, 0.1) is 30.2 Å². The lowest BCUT2D eigenvalue weighted by molar-refractivity contribution is -0.217. The van der Waals surface area contributed by atoms with E-state index in [9.17, 15) is 20.1 Å². The number of hydrogen-bond donors (Lipinski definition) is 4. The van der Waals surface area contributed by atoms with Gasteiger partial charge in [0.15, 0.2) is 6.10 Å². The molecule has 1 saturated heterocycles. The number of hydrogen-bond acceptors (Lipinski definition) is 8. The Labute approximate surface area is 198 Å². The molecular formula is C24H32N4O6. The molecule has 1 fully saturated rings. The highest BCUT2D eigenvalue weighted by Crippen LogP contribution is 2.29. The van der Waals surface area contributed by atoms with Crippen LogP contribution in [0.2, 0.25) is 0 Å². The average Bonchev–Trinajstić information content (AvgIpc) is 3.13. The van der Waals surface area contributed by atoms with E-state index in [4.69, 9.17) is 15.2 Å². The molecule has 1 unspecified atom stereocenters. The second-order valence-electron chi connectivity index (χ2n) is 9.51. The lowest BCUT2D eigenvalue weighted by Crippen LogP contribution is -2.64. The van der Waals surface area contributed by atoms with Crippen LogP contribution in [0.15, 0.2) is 24.7 Å². The molecule has 0 saturated carbocycles. The van der Waals surface area contributed by atoms with E-state index in [1.807, 2.05) is 30.5 Å². The van der Waals surface area contributed by atoms with Crippen LogP contribution in [0.1, 0.15) is 37.9 Å². The summed E-state index contributed by atoms with van der Waals surface area (Å²) < 4.78 is 13.4. The van der Waals surface area contributed by atoms with Gasteiger partial charge in [0.2, 0.25) is 0 Å². The van der Waals surface area contributed by atoms with Gasteiger partial charge >= 0.3 is 5.97 Å². The van der Waals surface area contributed by atoms with Crippen LogP contribution in [-0.4, -0.2) is 79.0 Å². The van der Waals surface area contributed by atoms with E-state index in [-0.39, 0.29) is 0 Å². The predicted molar refractivity (Wildman–Crippen MR) is 123 cm³/mol. The van der Waals surface area contributed by atoms with E-state index in [0.717, 1.165) is 17.1 Å². The highest BCUT2D eigenvalue weighted by atomic mass is 16.6. The van der Waals surface area contributed by atoms with Crippen molar-refractivity contribution in [2.75, 3.05) is 6.61 Å². The molecule has 5 N–H and O–H groups in total. The number of aliphatic hydroxyl groups excluding tert-OH is 2. The van der Waals surface area contributed by atoms with Gasteiger partial charge < -0.3 is 35.1 Å². The van der Waals surface area contributed by atoms with Gasteiger partial charge in [-0.2, -0.15) is 0 Å². The molecule has 1 aliphatic heterocycles. The van der Waals surface area contributed by atoms with E-state index in [0.29, 0.717) is 5.69 Å². The molecular weight excluding hydrogens is 440 g/mol. The lowest BCUT2D eigenvalue weighted by Gasteiger charge is -2.43. The molecule has 184 valence electrons. The Morgan fingerprint density at radius 1 is 1.32 bits per heavy atom. The Morgan fingerprint density at radius 3 is 2.59 bits per heavy atom. The quantitative estimate of drug-likeness (QED) is 0.457. The molecule has 0 amide bonds. The molecule has 0 bridgehead atoms. The molecule has 10 nitrogen and oxygen atoms in total. The number of ether oxygens (including phenoxy) is 2. The van der Waals surface area contributed by atoms with E-state index in [2.05, 4.69) is 21.8 Å². The smallest absolute Gasteiger partial charge is 0.333 e. The minimum absolute atomic E-state index is 0.499. The fourth-order valence-electron chi connectivity index (χ4n) is 3.75. The van der Waals surface area contributed by atoms with Crippen molar-refractivity contribution in [2.24, 2.45) is 11.1 Å². The molecule has 6 atom stereocenters. The van der Waals surface area contributed by atoms with E-state index in [1.165, 1.54) is 0 Å². The Balaban J connectivity index is 1.86. The van der Waals surface area contributed by atoms with Crippen molar-refractivity contribution in [2.45, 2.75) is 71.2 Å². The average molecular weight is 473 g/mol. The number of aliphatic hydroxyl groups is 2. The minimum atomic E-state index is -1.32. The van der Waals surface area contributed by atoms with Crippen LogP contribution >= 0.6 is 0 Å². The number of nitrogens with zero attached hydrogens (tertiary/aromatic N) is 3. The standard InChI is InChI=1S/C24H32N4O6/c1-13-6-7-15(10-26-13)28-12-27-16(14(28)2)8-9-17-19(25)21(20(30)18(11-29)33-17)34-22(23(31)32)24(3,4)5/h6-7,10,12,17-22,29-30H,11,25H2,1-5H3,(H,31,32)/t17?,18-,19+,20-,21-,22+/m1/s1. The zero-order chi connectivity index (χ0) is 25.2. The van der Waals surface area contributed by atoms with E-state index < -0.39 is 54.6 Å². The van der Waals surface area contributed by atoms with Crippen molar-refractivity contribution < 1.29 is 29.6 Å². The highest BCUT2D eigenvalue weighted by Gasteiger charge is 2.47. The van der Waals surface area contributed by atoms with Gasteiger partial charge in [-0.05, 0) is 37.3 Å². The Kier molecular flexibility index (Phi) is 7.75. The fraction of sp³-hybridized carbons (Fsp3) is 0.542. The molecule has 10 heteroatoms. The summed E-state index contributed by atoms with van der Waals surface area (Å²) in [5, 5.41) is 30.0. The van der Waals surface area contributed by atoms with Crippen molar-refractivity contribution in [3.05, 3.63) is 41.7 Å². The van der Waals surface area contributed by atoms with Crippen LogP contribution < -0.4 is 5.73 Å². The number of pyridine rings is 1. The van der Waals surface area contributed by atoms with Crippen LogP contribution in [0.5, 0.6) is 0 Å². The highest BCUT2D eigenvalue weighted by molar-refractivity contribution is 5.73. The Bertz CT molecular complexity index is 1070. The number of aryl methyl sites for hydroxylation is 1. The van der Waals surface area contributed by atoms with Crippen LogP contribution in [0, 0.1) is 31.1 Å². The van der Waals surface area contributed by atoms with Gasteiger partial charge in [0.1, 0.15) is 36.4 Å². The Morgan fingerprint density at radius 2 is 2.03 bits per heavy atom. The van der Waals surface area contributed by atoms with Crippen molar-refractivity contribution in [1.29, 1.82) is 0 Å². The molecule has 2 aromatic rings. The van der Waals surface area contributed by atoms with Crippen molar-refractivity contribution in [3.8, 4) is 17.5 Å². The normalized spacial score (nSPS) is 25.9. The van der Waals surface area contributed by atoms with Gasteiger partial charge in [0.25, 0.3) is 0 Å². The molecule has 2 aromatic heterocycles. The summed E-state index contributed by atoms with van der Waals surface area (Å²) in [6.45, 7) is 8.41. The second-order valence-corrected chi connectivity index (χ2v) is 9.51. The molecule has 34 heavy (non-hydrogen) atoms. The third kappa shape index (κ3) is 5.46. The van der Waals surface area contributed by atoms with Crippen molar-refractivity contribution >= 4 is 5.97 Å². The maximum absolute atomic E-state index is 11.8. The number of aromatic nitrogens is 3. The summed E-state index contributed by atoms with van der Waals surface area (Å²) in [6, 6.07) is 2.87. The molecule has 0 aromatic carbocycles. The summed E-state index contributed by atoms with van der Waals surface area (Å²) in [4.78, 5) is 20.4. The summed E-state index contributed by atoms with van der Waals surface area (Å²) in [5.41, 5.74) is 8.58. The third-order valence-corrected chi connectivity index (χ3v) is 5.77. The Hall–Kier alpha value is -2.81. The van der Waals surface area contributed by atoms with Crippen LogP contribution in [-0.2, 0) is 14.3 Å². The van der Waals surface area contributed by atoms with Gasteiger partial charge in [-0.25, -0.2) is 9.78 Å². The number of nitrogens with two attached hydrogens (primary N) is 1. The minimum Gasteiger partial charge on any atom is -0.479 e. The maximum atomic E-state index is 11.8. The topological polar surface area (TPSA) is 153 Å². The van der Waals surface area contributed by atoms with Gasteiger partial charge in [-0.1, -0.05) is 26.7 Å². The summed E-state index contributed by atoms with van der Waals surface area (Å²) in [5.74, 6) is 4.71. The number of carbonyl (C=O) groups is 1. The number of aliphatic carboxylic acids is 1. The number of rotatable bonds is 5. The second kappa shape index (κ2) is 10.2. The first-order valence-electron chi connectivity index (χ1n) is 11.0.